The minimum atomic E-state index is -0.560. The third-order valence-electron chi connectivity index (χ3n) is 27.2. The van der Waals surface area contributed by atoms with E-state index in [1.54, 1.807) is 9.80 Å². The number of aliphatic imine (C=N–C) groups is 1. The Morgan fingerprint density at radius 1 is 0.470 bits per heavy atom. The van der Waals surface area contributed by atoms with E-state index in [4.69, 9.17) is 29.0 Å². The lowest BCUT2D eigenvalue weighted by Gasteiger charge is -2.52. The van der Waals surface area contributed by atoms with Crippen LogP contribution in [0.1, 0.15) is 264 Å². The number of alkyl carbamates (subject to hydrolysis) is 1. The Kier molecular flexibility index (Phi) is 31.4. The number of nitrogens with one attached hydrogen (secondary N) is 7. The summed E-state index contributed by atoms with van der Waals surface area (Å²) in [6, 6.07) is 0. The average Bonchev–Trinajstić information content (AvgIpc) is 0.783. The van der Waals surface area contributed by atoms with Gasteiger partial charge >= 0.3 is 6.09 Å². The molecule has 0 bridgehead atoms. The third kappa shape index (κ3) is 22.9. The molecule has 0 aromatic heterocycles. The van der Waals surface area contributed by atoms with Crippen LogP contribution in [0.25, 0.3) is 0 Å². The number of amides is 3. The molecule has 100 heavy (non-hydrogen) atoms. The standard InChI is InChI=1S/C80H146N10O10/c1-15-17-34-89(70(93)47-97-60-26-32-66(68(91)45-60)76-84-72(62-28-22-50(3)40-54(62)7)82-73(85-76)63-29-23-51(4)41-55(63)8)36-38-96-78(95)88-80(13,14)59-21-19-20-58(44-59)79(11,12)81-49-100-99-39-37-90(35-18-16-2)71(94)48-98-61-27-33-67(69(92)46-61)77-86-74(64-30-24-52(5)42-56(64)9)83-75(87-77)65-31-25-53(6)43-57(65)10/h49-69,72-77,82-87,91-92H,15-48H2,1-14H3,(H,88,95). The molecule has 0 aromatic rings. The maximum Gasteiger partial charge on any atom is 0.407 e. The summed E-state index contributed by atoms with van der Waals surface area (Å²) < 4.78 is 18.5. The first-order valence-corrected chi connectivity index (χ1v) is 41.3. The van der Waals surface area contributed by atoms with Gasteiger partial charge in [-0.05, 0) is 233 Å². The zero-order chi connectivity index (χ0) is 71.8. The Balaban J connectivity index is 0.668. The van der Waals surface area contributed by atoms with Crippen LogP contribution in [0.15, 0.2) is 4.99 Å². The molecule has 24 unspecified atom stereocenters. The molecule has 2 heterocycles. The van der Waals surface area contributed by atoms with Crippen LogP contribution in [0.2, 0.25) is 0 Å². The Labute approximate surface area is 605 Å². The Morgan fingerprint density at radius 2 is 0.840 bits per heavy atom. The highest BCUT2D eigenvalue weighted by molar-refractivity contribution is 5.78. The third-order valence-corrected chi connectivity index (χ3v) is 27.2. The van der Waals surface area contributed by atoms with Crippen molar-refractivity contribution in [2.75, 3.05) is 52.6 Å². The lowest BCUT2D eigenvalue weighted by molar-refractivity contribution is -0.219. The number of aliphatic hydroxyl groups excluding tert-OH is 2. The van der Waals surface area contributed by atoms with Crippen molar-refractivity contribution in [2.24, 2.45) is 99.7 Å². The number of hydrogen-bond acceptors (Lipinski definition) is 17. The number of rotatable bonds is 30. The summed E-state index contributed by atoms with van der Waals surface area (Å²) >= 11 is 0. The van der Waals surface area contributed by atoms with E-state index in [1.165, 1.54) is 83.5 Å². The van der Waals surface area contributed by atoms with Crippen LogP contribution >= 0.6 is 0 Å². The first kappa shape index (κ1) is 81.3. The number of nitrogens with zero attached hydrogens (tertiary/aromatic N) is 3. The minimum absolute atomic E-state index is 0.00132. The molecule has 20 nitrogen and oxygen atoms in total. The van der Waals surface area contributed by atoms with Gasteiger partial charge in [-0.15, -0.1) is 0 Å². The van der Waals surface area contributed by atoms with E-state index >= 15 is 0 Å². The molecule has 7 saturated carbocycles. The summed E-state index contributed by atoms with van der Waals surface area (Å²) in [6.07, 6.45) is 26.8. The lowest BCUT2D eigenvalue weighted by atomic mass is 9.67. The molecule has 9 N–H and O–H groups in total. The van der Waals surface area contributed by atoms with Crippen molar-refractivity contribution in [3.05, 3.63) is 0 Å². The molecule has 0 radical (unpaired) electrons. The predicted molar refractivity (Wildman–Crippen MR) is 397 cm³/mol. The van der Waals surface area contributed by atoms with Gasteiger partial charge in [0, 0.05) is 37.0 Å². The van der Waals surface area contributed by atoms with Gasteiger partial charge in [0.15, 0.2) is 0 Å². The number of hydrogen-bond donors (Lipinski definition) is 9. The summed E-state index contributed by atoms with van der Waals surface area (Å²) in [5.74, 6) is 8.12. The Morgan fingerprint density at radius 3 is 1.22 bits per heavy atom. The van der Waals surface area contributed by atoms with Crippen LogP contribution in [-0.2, 0) is 33.6 Å². The van der Waals surface area contributed by atoms with Crippen molar-refractivity contribution >= 4 is 24.3 Å². The van der Waals surface area contributed by atoms with Gasteiger partial charge in [0.1, 0.15) is 26.4 Å². The molecule has 3 amide bonds. The van der Waals surface area contributed by atoms with Gasteiger partial charge in [-0.2, -0.15) is 4.89 Å². The maximum absolute atomic E-state index is 13.9. The monoisotopic (exact) mass is 1410 g/mol. The summed E-state index contributed by atoms with van der Waals surface area (Å²) in [5.41, 5.74) is -1.03. The molecular formula is C80H146N10O10. The van der Waals surface area contributed by atoms with Crippen molar-refractivity contribution < 1.29 is 48.6 Å². The first-order chi connectivity index (χ1) is 47.8. The molecule has 9 aliphatic rings. The summed E-state index contributed by atoms with van der Waals surface area (Å²) in [6.45, 7) is 33.8. The average molecular weight is 1410 g/mol. The summed E-state index contributed by atoms with van der Waals surface area (Å²) in [5, 5.41) is 51.2. The normalized spacial score (nSPS) is 39.6. The maximum atomic E-state index is 13.9. The number of unbranched alkanes of at least 4 members (excludes halogenated alkanes) is 2. The number of carbonyl (C=O) groups is 3. The van der Waals surface area contributed by atoms with Crippen molar-refractivity contribution in [1.29, 1.82) is 0 Å². The van der Waals surface area contributed by atoms with Gasteiger partial charge in [-0.1, -0.05) is 114 Å². The topological polar surface area (TPSA) is 241 Å². The zero-order valence-corrected chi connectivity index (χ0v) is 65.1. The zero-order valence-electron chi connectivity index (χ0n) is 65.1. The van der Waals surface area contributed by atoms with E-state index < -0.39 is 29.4 Å². The van der Waals surface area contributed by atoms with Crippen molar-refractivity contribution in [1.82, 2.24) is 47.0 Å². The highest BCUT2D eigenvalue weighted by atomic mass is 17.2. The number of aliphatic hydroxyl groups is 2. The van der Waals surface area contributed by atoms with Crippen LogP contribution in [0.3, 0.4) is 0 Å². The second-order valence-corrected chi connectivity index (χ2v) is 35.9. The lowest BCUT2D eigenvalue weighted by Crippen LogP contribution is -2.74. The first-order valence-electron chi connectivity index (χ1n) is 41.3. The smallest absolute Gasteiger partial charge is 0.407 e. The van der Waals surface area contributed by atoms with E-state index in [0.717, 1.165) is 101 Å². The summed E-state index contributed by atoms with van der Waals surface area (Å²) in [7, 11) is 0. The van der Waals surface area contributed by atoms with Gasteiger partial charge in [0.05, 0.1) is 73.5 Å². The fourth-order valence-corrected chi connectivity index (χ4v) is 20.6. The fraction of sp³-hybridized carbons (Fsp3) is 0.950. The largest absolute Gasteiger partial charge is 0.448 e. The second-order valence-electron chi connectivity index (χ2n) is 35.9. The van der Waals surface area contributed by atoms with Gasteiger partial charge in [0.2, 0.25) is 18.2 Å². The quantitative estimate of drug-likeness (QED) is 0.0107. The predicted octanol–water partition coefficient (Wildman–Crippen LogP) is 12.2. The highest BCUT2D eigenvalue weighted by Gasteiger charge is 2.49. The van der Waals surface area contributed by atoms with Gasteiger partial charge < -0.3 is 44.4 Å². The molecule has 9 rings (SSSR count). The van der Waals surface area contributed by atoms with Gasteiger partial charge in [0.25, 0.3) is 0 Å². The highest BCUT2D eigenvalue weighted by Crippen LogP contribution is 2.45. The van der Waals surface area contributed by atoms with Crippen LogP contribution < -0.4 is 37.2 Å². The Hall–Kier alpha value is -2.76. The second kappa shape index (κ2) is 38.7. The van der Waals surface area contributed by atoms with E-state index in [9.17, 15) is 24.6 Å². The molecule has 9 fully saturated rings. The van der Waals surface area contributed by atoms with Gasteiger partial charge in [-0.25, -0.2) is 9.79 Å². The number of ether oxygens (including phenoxy) is 3. The van der Waals surface area contributed by atoms with Crippen molar-refractivity contribution in [3.63, 3.8) is 0 Å². The molecule has 2 aliphatic heterocycles. The molecule has 2 saturated heterocycles. The van der Waals surface area contributed by atoms with E-state index in [-0.39, 0.29) is 118 Å². The van der Waals surface area contributed by atoms with E-state index in [2.05, 4.69) is 134 Å². The molecule has 0 aromatic carbocycles. The molecule has 576 valence electrons. The van der Waals surface area contributed by atoms with Gasteiger partial charge in [-0.3, -0.25) is 41.5 Å². The van der Waals surface area contributed by atoms with E-state index in [1.807, 2.05) is 0 Å². The molecule has 20 heteroatoms. The van der Waals surface area contributed by atoms with Crippen LogP contribution in [0.5, 0.6) is 0 Å². The minimum Gasteiger partial charge on any atom is -0.448 e. The number of carbonyl (C=O) groups excluding carboxylic acids is 3. The van der Waals surface area contributed by atoms with Crippen LogP contribution in [0, 0.1) is 94.7 Å². The summed E-state index contributed by atoms with van der Waals surface area (Å²) in [4.78, 5) is 60.8. The SMILES string of the molecule is CCCCN(CCOOC=NC(C)(C)C1CCCC(C(C)(C)NC(=O)OCCN(CCCC)C(=O)COC2CCC(C3NC(C4CCC(C)CC4C)NC(C4CCC(C)CC4C)N3)C(O)C2)C1)C(=O)COC1CCC(C2NC(C3CCC(C)CC3C)NC(C3CCC(C)CC3C)N2)C(O)C1. The van der Waals surface area contributed by atoms with E-state index in [0.29, 0.717) is 79.8 Å². The molecule has 0 spiro atoms. The van der Waals surface area contributed by atoms with Crippen LogP contribution in [0.4, 0.5) is 4.79 Å². The van der Waals surface area contributed by atoms with Crippen LogP contribution in [-0.4, -0.2) is 169 Å². The molecule has 24 atom stereocenters. The Bertz CT molecular complexity index is 2430. The molecular weight excluding hydrogens is 1260 g/mol. The molecule has 7 aliphatic carbocycles. The van der Waals surface area contributed by atoms with Crippen molar-refractivity contribution in [3.8, 4) is 0 Å². The van der Waals surface area contributed by atoms with Crippen molar-refractivity contribution in [2.45, 2.75) is 336 Å². The fourth-order valence-electron chi connectivity index (χ4n) is 20.6.